The summed E-state index contributed by atoms with van der Waals surface area (Å²) in [5.41, 5.74) is 4.51. The normalized spacial score (nSPS) is 9.86. The lowest BCUT2D eigenvalue weighted by atomic mass is 9.97. The van der Waals surface area contributed by atoms with E-state index in [2.05, 4.69) is 29.5 Å². The number of alkyl halides is 1. The molecule has 0 saturated heterocycles. The van der Waals surface area contributed by atoms with E-state index in [1.54, 1.807) is 0 Å². The minimum Gasteiger partial charge on any atom is -0.122 e. The molecule has 0 aromatic heterocycles. The Bertz CT molecular complexity index is 321. The van der Waals surface area contributed by atoms with Gasteiger partial charge in [0, 0.05) is 16.1 Å². The molecule has 1 rings (SSSR count). The number of rotatable bonds is 4. The van der Waals surface area contributed by atoms with Gasteiger partial charge in [-0.2, -0.15) is 0 Å². The quantitative estimate of drug-likeness (QED) is 0.538. The molecule has 0 heterocycles. The van der Waals surface area contributed by atoms with Crippen molar-refractivity contribution in [3.63, 3.8) is 0 Å². The summed E-state index contributed by atoms with van der Waals surface area (Å²) < 4.78 is 0. The summed E-state index contributed by atoms with van der Waals surface area (Å²) >= 11 is 5.84. The molecule has 0 nitrogen and oxygen atoms in total. The summed E-state index contributed by atoms with van der Waals surface area (Å²) in [5.74, 6) is 0.504. The molecule has 0 N–H and O–H groups in total. The van der Waals surface area contributed by atoms with E-state index < -0.39 is 0 Å². The molecular weight excluding hydrogens is 208 g/mol. The highest BCUT2D eigenvalue weighted by atomic mass is 35.5. The maximum atomic E-state index is 5.84. The minimum atomic E-state index is 0.504. The summed E-state index contributed by atoms with van der Waals surface area (Å²) in [6.07, 6.45) is 3.68. The van der Waals surface area contributed by atoms with Crippen LogP contribution in [-0.4, -0.2) is 10.2 Å². The van der Waals surface area contributed by atoms with Crippen molar-refractivity contribution < 1.29 is 0 Å². The van der Waals surface area contributed by atoms with Crippen molar-refractivity contribution in [3.8, 4) is 0 Å². The van der Waals surface area contributed by atoms with Crippen LogP contribution >= 0.6 is 11.6 Å². The predicted octanol–water partition coefficient (Wildman–Crippen LogP) is 3.38. The van der Waals surface area contributed by atoms with Gasteiger partial charge in [0.2, 0.25) is 0 Å². The van der Waals surface area contributed by atoms with E-state index in [9.17, 15) is 0 Å². The van der Waals surface area contributed by atoms with Gasteiger partial charge in [0.05, 0.1) is 0 Å². The molecule has 0 atom stereocenters. The Morgan fingerprint density at radius 2 is 1.64 bits per heavy atom. The van der Waals surface area contributed by atoms with Crippen molar-refractivity contribution in [2.24, 2.45) is 0 Å². The Hall–Kier alpha value is -0.793. The Labute approximate surface area is 93.7 Å². The van der Waals surface area contributed by atoms with Crippen LogP contribution < -0.4 is 0 Å². The topological polar surface area (TPSA) is 0 Å². The Morgan fingerprint density at radius 3 is 2.07 bits per heavy atom. The molecule has 0 aliphatic rings. The number of hydrogen-bond acceptors (Lipinski definition) is 0. The Kier molecular flexibility index (Phi) is 4.17. The highest BCUT2D eigenvalue weighted by molar-refractivity contribution is 6.17. The summed E-state index contributed by atoms with van der Waals surface area (Å²) in [5, 5.41) is 0. The molecule has 14 heavy (non-hydrogen) atoms. The fourth-order valence-electron chi connectivity index (χ4n) is 1.48. The maximum absolute atomic E-state index is 5.84. The first kappa shape index (κ1) is 11.3. The largest absolute Gasteiger partial charge is 0.122 e. The molecule has 71 valence electrons. The zero-order valence-electron chi connectivity index (χ0n) is 8.02. The van der Waals surface area contributed by atoms with Crippen molar-refractivity contribution in [2.75, 3.05) is 0 Å². The summed E-state index contributed by atoms with van der Waals surface area (Å²) in [6, 6.07) is 4.91. The molecule has 0 fully saturated rings. The van der Waals surface area contributed by atoms with Gasteiger partial charge in [-0.3, -0.25) is 0 Å². The molecular formula is C12H12ClSi. The third-order valence-electron chi connectivity index (χ3n) is 2.21. The molecule has 0 aliphatic carbocycles. The average Bonchev–Trinajstić information content (AvgIpc) is 2.26. The molecule has 0 amide bonds. The van der Waals surface area contributed by atoms with Gasteiger partial charge in [-0.1, -0.05) is 37.4 Å². The zero-order valence-corrected chi connectivity index (χ0v) is 9.77. The van der Waals surface area contributed by atoms with Crippen LogP contribution in [0.15, 0.2) is 25.3 Å². The van der Waals surface area contributed by atoms with E-state index in [4.69, 9.17) is 11.6 Å². The summed E-state index contributed by atoms with van der Waals surface area (Å²) in [4.78, 5) is 0. The van der Waals surface area contributed by atoms with E-state index in [1.165, 1.54) is 5.56 Å². The smallest absolute Gasteiger partial charge is 0.0480 e. The van der Waals surface area contributed by atoms with Crippen LogP contribution in [-0.2, 0) is 11.9 Å². The Morgan fingerprint density at radius 1 is 1.14 bits per heavy atom. The second-order valence-electron chi connectivity index (χ2n) is 2.93. The van der Waals surface area contributed by atoms with Gasteiger partial charge in [-0.15, -0.1) is 11.6 Å². The van der Waals surface area contributed by atoms with Gasteiger partial charge >= 0.3 is 0 Å². The molecule has 0 spiro atoms. The second kappa shape index (κ2) is 5.18. The molecule has 1 aromatic rings. The molecule has 1 aromatic carbocycles. The average molecular weight is 220 g/mol. The second-order valence-corrected chi connectivity index (χ2v) is 3.55. The lowest BCUT2D eigenvalue weighted by molar-refractivity contribution is 1.30. The molecule has 2 heteroatoms. The molecule has 0 saturated carbocycles. The van der Waals surface area contributed by atoms with Crippen LogP contribution in [0.5, 0.6) is 0 Å². The highest BCUT2D eigenvalue weighted by Crippen LogP contribution is 2.23. The molecule has 3 radical (unpaired) electrons. The van der Waals surface area contributed by atoms with Crippen LogP contribution in [0.3, 0.4) is 0 Å². The first-order valence-corrected chi connectivity index (χ1v) is 5.62. The SMILES string of the molecule is C=Cc1c(C[Si])ccc(CCl)c1C=C. The lowest BCUT2D eigenvalue weighted by Gasteiger charge is -2.11. The van der Waals surface area contributed by atoms with Crippen LogP contribution in [0.25, 0.3) is 12.2 Å². The van der Waals surface area contributed by atoms with Gasteiger partial charge in [0.1, 0.15) is 0 Å². The van der Waals surface area contributed by atoms with Gasteiger partial charge in [-0.05, 0) is 28.3 Å². The molecule has 0 unspecified atom stereocenters. The van der Waals surface area contributed by atoms with Crippen molar-refractivity contribution >= 4 is 34.0 Å². The third-order valence-corrected chi connectivity index (χ3v) is 2.88. The predicted molar refractivity (Wildman–Crippen MR) is 65.6 cm³/mol. The summed E-state index contributed by atoms with van der Waals surface area (Å²) in [6.45, 7) is 7.61. The van der Waals surface area contributed by atoms with E-state index in [0.29, 0.717) is 5.88 Å². The van der Waals surface area contributed by atoms with Gasteiger partial charge in [0.25, 0.3) is 0 Å². The van der Waals surface area contributed by atoms with Crippen LogP contribution in [0.4, 0.5) is 0 Å². The van der Waals surface area contributed by atoms with Crippen molar-refractivity contribution in [1.82, 2.24) is 0 Å². The lowest BCUT2D eigenvalue weighted by Crippen LogP contribution is -1.96. The van der Waals surface area contributed by atoms with Gasteiger partial charge < -0.3 is 0 Å². The highest BCUT2D eigenvalue weighted by Gasteiger charge is 2.06. The maximum Gasteiger partial charge on any atom is 0.0480 e. The van der Waals surface area contributed by atoms with Crippen LogP contribution in [0, 0.1) is 0 Å². The van der Waals surface area contributed by atoms with Gasteiger partial charge in [0.15, 0.2) is 0 Å². The first-order chi connectivity index (χ1) is 6.78. The van der Waals surface area contributed by atoms with E-state index >= 15 is 0 Å². The fraction of sp³-hybridized carbons (Fsp3) is 0.167. The zero-order chi connectivity index (χ0) is 10.6. The standard InChI is InChI=1S/C12H12ClSi/c1-3-11-9(7-13)5-6-10(8-14)12(11)4-2/h3-6H,1-2,7-8H2. The van der Waals surface area contributed by atoms with E-state index in [1.807, 2.05) is 18.2 Å². The minimum absolute atomic E-state index is 0.504. The van der Waals surface area contributed by atoms with Crippen molar-refractivity contribution in [2.45, 2.75) is 11.9 Å². The molecule has 0 bridgehead atoms. The van der Waals surface area contributed by atoms with Crippen LogP contribution in [0.2, 0.25) is 0 Å². The molecule has 0 aliphatic heterocycles. The van der Waals surface area contributed by atoms with Crippen LogP contribution in [0.1, 0.15) is 22.3 Å². The number of hydrogen-bond donors (Lipinski definition) is 0. The fourth-order valence-corrected chi connectivity index (χ4v) is 2.02. The van der Waals surface area contributed by atoms with Crippen molar-refractivity contribution in [3.05, 3.63) is 47.5 Å². The first-order valence-electron chi connectivity index (χ1n) is 4.38. The third kappa shape index (κ3) is 1.99. The number of benzene rings is 1. The monoisotopic (exact) mass is 219 g/mol. The van der Waals surface area contributed by atoms with E-state index in [0.717, 1.165) is 22.7 Å². The Balaban J connectivity index is 3.43. The summed E-state index contributed by atoms with van der Waals surface area (Å²) in [7, 11) is 3.49. The van der Waals surface area contributed by atoms with Crippen molar-refractivity contribution in [1.29, 1.82) is 0 Å². The van der Waals surface area contributed by atoms with Gasteiger partial charge in [-0.25, -0.2) is 0 Å². The number of halogens is 1. The van der Waals surface area contributed by atoms with E-state index in [-0.39, 0.29) is 0 Å².